The van der Waals surface area contributed by atoms with Crippen molar-refractivity contribution in [3.05, 3.63) is 34.3 Å². The molecule has 0 amide bonds. The van der Waals surface area contributed by atoms with Crippen LogP contribution in [0.3, 0.4) is 0 Å². The number of rotatable bonds is 2. The Hall–Kier alpha value is -0.440. The van der Waals surface area contributed by atoms with Gasteiger partial charge in [0.1, 0.15) is 4.33 Å². The summed E-state index contributed by atoms with van der Waals surface area (Å²) in [6, 6.07) is 5.37. The van der Waals surface area contributed by atoms with Crippen molar-refractivity contribution in [1.82, 2.24) is 0 Å². The number of hydrogen-bond acceptors (Lipinski definition) is 1. The summed E-state index contributed by atoms with van der Waals surface area (Å²) in [5.41, 5.74) is 1.71. The first-order valence-electron chi connectivity index (χ1n) is 4.72. The van der Waals surface area contributed by atoms with Gasteiger partial charge in [0.25, 0.3) is 0 Å². The second-order valence-corrected chi connectivity index (χ2v) is 5.83. The molecule has 1 saturated carbocycles. The monoisotopic (exact) mass is 278 g/mol. The maximum atomic E-state index is 10.9. The molecule has 1 fully saturated rings. The topological polar surface area (TPSA) is 37.3 Å². The molecule has 16 heavy (non-hydrogen) atoms. The van der Waals surface area contributed by atoms with Crippen LogP contribution in [0, 0.1) is 12.8 Å². The number of alkyl halides is 2. The fraction of sp³-hybridized carbons (Fsp3) is 0.364. The van der Waals surface area contributed by atoms with E-state index in [0.717, 1.165) is 11.1 Å². The predicted octanol–water partition coefficient (Wildman–Crippen LogP) is 3.62. The van der Waals surface area contributed by atoms with E-state index in [9.17, 15) is 4.79 Å². The lowest BCUT2D eigenvalue weighted by molar-refractivity contribution is -0.138. The SMILES string of the molecule is Cc1ccc(C2C(C(=O)O)C2(Cl)Cl)cc1Cl. The van der Waals surface area contributed by atoms with Gasteiger partial charge in [0, 0.05) is 10.9 Å². The second-order valence-electron chi connectivity index (χ2n) is 3.98. The zero-order chi connectivity index (χ0) is 12.1. The highest BCUT2D eigenvalue weighted by atomic mass is 35.5. The maximum Gasteiger partial charge on any atom is 0.310 e. The third-order valence-electron chi connectivity index (χ3n) is 2.87. The molecular weight excluding hydrogens is 270 g/mol. The number of carbonyl (C=O) groups is 1. The first-order valence-corrected chi connectivity index (χ1v) is 5.85. The Labute approximate surface area is 108 Å². The van der Waals surface area contributed by atoms with Crippen LogP contribution in [0.25, 0.3) is 0 Å². The summed E-state index contributed by atoms with van der Waals surface area (Å²) in [7, 11) is 0. The highest BCUT2D eigenvalue weighted by molar-refractivity contribution is 6.53. The summed E-state index contributed by atoms with van der Waals surface area (Å²) in [5.74, 6) is -2.12. The molecule has 0 aromatic heterocycles. The smallest absolute Gasteiger partial charge is 0.310 e. The minimum Gasteiger partial charge on any atom is -0.481 e. The Morgan fingerprint density at radius 1 is 1.44 bits per heavy atom. The first-order chi connectivity index (χ1) is 7.35. The van der Waals surface area contributed by atoms with Gasteiger partial charge in [-0.2, -0.15) is 0 Å². The minimum atomic E-state index is -1.22. The Balaban J connectivity index is 2.33. The Morgan fingerprint density at radius 3 is 2.50 bits per heavy atom. The van der Waals surface area contributed by atoms with Gasteiger partial charge >= 0.3 is 5.97 Å². The Morgan fingerprint density at radius 2 is 2.06 bits per heavy atom. The zero-order valence-electron chi connectivity index (χ0n) is 8.38. The number of carboxylic acids is 1. The fourth-order valence-corrected chi connectivity index (χ4v) is 2.86. The lowest BCUT2D eigenvalue weighted by Crippen LogP contribution is -2.03. The van der Waals surface area contributed by atoms with Crippen molar-refractivity contribution in [1.29, 1.82) is 0 Å². The lowest BCUT2D eigenvalue weighted by atomic mass is 10.1. The van der Waals surface area contributed by atoms with Crippen molar-refractivity contribution in [3.8, 4) is 0 Å². The van der Waals surface area contributed by atoms with Gasteiger partial charge in [-0.25, -0.2) is 0 Å². The van der Waals surface area contributed by atoms with E-state index in [4.69, 9.17) is 39.9 Å². The van der Waals surface area contributed by atoms with Crippen LogP contribution in [0.1, 0.15) is 17.0 Å². The highest BCUT2D eigenvalue weighted by Crippen LogP contribution is 2.65. The van der Waals surface area contributed by atoms with Crippen molar-refractivity contribution < 1.29 is 9.90 Å². The van der Waals surface area contributed by atoms with Crippen molar-refractivity contribution in [2.24, 2.45) is 5.92 Å². The largest absolute Gasteiger partial charge is 0.481 e. The van der Waals surface area contributed by atoms with Crippen LogP contribution in [-0.2, 0) is 4.79 Å². The molecule has 1 aromatic carbocycles. The van der Waals surface area contributed by atoms with Crippen molar-refractivity contribution in [3.63, 3.8) is 0 Å². The molecular formula is C11H9Cl3O2. The van der Waals surface area contributed by atoms with E-state index in [0.29, 0.717) is 5.02 Å². The quantitative estimate of drug-likeness (QED) is 0.840. The maximum absolute atomic E-state index is 10.9. The van der Waals surface area contributed by atoms with E-state index in [2.05, 4.69) is 0 Å². The van der Waals surface area contributed by atoms with E-state index < -0.39 is 16.2 Å². The molecule has 0 heterocycles. The summed E-state index contributed by atoms with van der Waals surface area (Å²) in [4.78, 5) is 10.9. The van der Waals surface area contributed by atoms with Gasteiger partial charge in [-0.3, -0.25) is 4.79 Å². The summed E-state index contributed by atoms with van der Waals surface area (Å²) < 4.78 is -1.22. The van der Waals surface area contributed by atoms with Gasteiger partial charge in [0.05, 0.1) is 5.92 Å². The molecule has 2 nitrogen and oxygen atoms in total. The number of aliphatic carboxylic acids is 1. The van der Waals surface area contributed by atoms with Crippen molar-refractivity contribution in [2.45, 2.75) is 17.2 Å². The molecule has 0 aliphatic heterocycles. The molecule has 0 spiro atoms. The highest BCUT2D eigenvalue weighted by Gasteiger charge is 2.68. The van der Waals surface area contributed by atoms with Gasteiger partial charge in [0.2, 0.25) is 0 Å². The van der Waals surface area contributed by atoms with Crippen LogP contribution in [0.15, 0.2) is 18.2 Å². The molecule has 86 valence electrons. The molecule has 1 aliphatic rings. The lowest BCUT2D eigenvalue weighted by Gasteiger charge is -2.03. The number of benzene rings is 1. The number of aryl methyl sites for hydroxylation is 1. The first kappa shape index (κ1) is 12.0. The van der Waals surface area contributed by atoms with E-state index in [1.54, 1.807) is 6.07 Å². The van der Waals surface area contributed by atoms with Gasteiger partial charge < -0.3 is 5.11 Å². The minimum absolute atomic E-state index is 0.383. The van der Waals surface area contributed by atoms with Gasteiger partial charge in [0.15, 0.2) is 0 Å². The summed E-state index contributed by atoms with van der Waals surface area (Å²) >= 11 is 17.8. The molecule has 0 radical (unpaired) electrons. The van der Waals surface area contributed by atoms with Crippen LogP contribution in [0.2, 0.25) is 5.02 Å². The molecule has 5 heteroatoms. The molecule has 0 saturated heterocycles. The normalized spacial score (nSPS) is 26.5. The standard InChI is InChI=1S/C11H9Cl3O2/c1-5-2-3-6(4-7(5)12)8-9(10(15)16)11(8,13)14/h2-4,8-9H,1H3,(H,15,16). The molecule has 2 atom stereocenters. The summed E-state index contributed by atoms with van der Waals surface area (Å²) in [6.45, 7) is 1.88. The predicted molar refractivity (Wildman–Crippen MR) is 64.5 cm³/mol. The summed E-state index contributed by atoms with van der Waals surface area (Å²) in [5, 5.41) is 9.54. The van der Waals surface area contributed by atoms with Gasteiger partial charge in [-0.15, -0.1) is 0 Å². The number of carboxylic acid groups (broad SMARTS) is 1. The van der Waals surface area contributed by atoms with Gasteiger partial charge in [-0.1, -0.05) is 46.9 Å². The number of halogens is 3. The second kappa shape index (κ2) is 3.80. The van der Waals surface area contributed by atoms with Crippen LogP contribution in [0.5, 0.6) is 0 Å². The van der Waals surface area contributed by atoms with E-state index in [-0.39, 0.29) is 5.92 Å². The Bertz CT molecular complexity index is 457. The van der Waals surface area contributed by atoms with Crippen molar-refractivity contribution >= 4 is 40.8 Å². The zero-order valence-corrected chi connectivity index (χ0v) is 10.6. The van der Waals surface area contributed by atoms with Crippen LogP contribution < -0.4 is 0 Å². The van der Waals surface area contributed by atoms with E-state index >= 15 is 0 Å². The van der Waals surface area contributed by atoms with E-state index in [1.165, 1.54) is 0 Å². The van der Waals surface area contributed by atoms with Crippen LogP contribution in [-0.4, -0.2) is 15.4 Å². The molecule has 1 aromatic rings. The average molecular weight is 280 g/mol. The Kier molecular flexibility index (Phi) is 2.85. The third kappa shape index (κ3) is 1.79. The molecule has 2 unspecified atom stereocenters. The van der Waals surface area contributed by atoms with E-state index in [1.807, 2.05) is 19.1 Å². The molecule has 1 N–H and O–H groups in total. The molecule has 0 bridgehead atoms. The average Bonchev–Trinajstić information content (AvgIpc) is 2.74. The third-order valence-corrected chi connectivity index (χ3v) is 4.22. The van der Waals surface area contributed by atoms with Gasteiger partial charge in [-0.05, 0) is 24.1 Å². The number of hydrogen-bond donors (Lipinski definition) is 1. The van der Waals surface area contributed by atoms with Crippen molar-refractivity contribution in [2.75, 3.05) is 0 Å². The van der Waals surface area contributed by atoms with Crippen LogP contribution >= 0.6 is 34.8 Å². The molecule has 2 rings (SSSR count). The fourth-order valence-electron chi connectivity index (χ4n) is 1.85. The molecule has 1 aliphatic carbocycles. The van der Waals surface area contributed by atoms with Crippen LogP contribution in [0.4, 0.5) is 0 Å². The summed E-state index contributed by atoms with van der Waals surface area (Å²) in [6.07, 6.45) is 0.